The van der Waals surface area contributed by atoms with Crippen LogP contribution in [0, 0.1) is 0 Å². The molecule has 0 aromatic rings. The van der Waals surface area contributed by atoms with Crippen LogP contribution in [-0.4, -0.2) is 30.2 Å². The van der Waals surface area contributed by atoms with Crippen LogP contribution in [0.5, 0.6) is 0 Å². The average molecular weight is 352 g/mol. The number of rotatable bonds is 15. The first-order valence-corrected chi connectivity index (χ1v) is 10.1. The minimum Gasteiger partial charge on any atom is -0.381 e. The predicted molar refractivity (Wildman–Crippen MR) is 89.3 cm³/mol. The molecule has 0 amide bonds. The topological polar surface area (TPSA) is 101 Å². The maximum atomic E-state index is 11.1. The SMILES string of the molecule is CCCCCCCCCCCCCCC(O)C(=O)OS(=O)(=O)O. The third-order valence-corrected chi connectivity index (χ3v) is 4.17. The lowest BCUT2D eigenvalue weighted by Gasteiger charge is -2.08. The molecular weight excluding hydrogens is 320 g/mol. The van der Waals surface area contributed by atoms with Gasteiger partial charge in [0, 0.05) is 0 Å². The van der Waals surface area contributed by atoms with Crippen LogP contribution in [0.4, 0.5) is 0 Å². The Hall–Kier alpha value is -0.660. The Morgan fingerprint density at radius 2 is 1.26 bits per heavy atom. The molecule has 0 saturated carbocycles. The molecule has 138 valence electrons. The quantitative estimate of drug-likeness (QED) is 0.343. The molecule has 2 N–H and O–H groups in total. The summed E-state index contributed by atoms with van der Waals surface area (Å²) >= 11 is 0. The molecule has 0 aromatic carbocycles. The molecule has 1 atom stereocenters. The fourth-order valence-electron chi connectivity index (χ4n) is 2.46. The molecule has 0 saturated heterocycles. The van der Waals surface area contributed by atoms with E-state index in [-0.39, 0.29) is 6.42 Å². The summed E-state index contributed by atoms with van der Waals surface area (Å²) in [5.41, 5.74) is 0. The van der Waals surface area contributed by atoms with Crippen LogP contribution in [0.15, 0.2) is 0 Å². The van der Waals surface area contributed by atoms with E-state index in [1.807, 2.05) is 0 Å². The molecule has 0 heterocycles. The Labute approximate surface area is 140 Å². The van der Waals surface area contributed by atoms with Crippen LogP contribution in [0.25, 0.3) is 0 Å². The number of aliphatic hydroxyl groups is 1. The van der Waals surface area contributed by atoms with Gasteiger partial charge in [0.25, 0.3) is 0 Å². The van der Waals surface area contributed by atoms with Gasteiger partial charge in [0.2, 0.25) is 0 Å². The predicted octanol–water partition coefficient (Wildman–Crippen LogP) is 3.78. The van der Waals surface area contributed by atoms with Gasteiger partial charge in [0.05, 0.1) is 0 Å². The van der Waals surface area contributed by atoms with E-state index in [9.17, 15) is 18.3 Å². The standard InChI is InChI=1S/C16H32O6S/c1-2-3-4-5-6-7-8-9-10-11-12-13-14-15(17)16(18)22-23(19,20)21/h15,17H,2-14H2,1H3,(H,19,20,21). The summed E-state index contributed by atoms with van der Waals surface area (Å²) in [6, 6.07) is 0. The normalized spacial score (nSPS) is 13.0. The molecule has 0 spiro atoms. The van der Waals surface area contributed by atoms with Gasteiger partial charge in [0.15, 0.2) is 6.10 Å². The average Bonchev–Trinajstić information content (AvgIpc) is 2.46. The second-order valence-corrected chi connectivity index (χ2v) is 7.05. The number of carbonyl (C=O) groups is 1. The zero-order valence-electron chi connectivity index (χ0n) is 14.2. The van der Waals surface area contributed by atoms with Crippen LogP contribution in [-0.2, 0) is 19.4 Å². The van der Waals surface area contributed by atoms with E-state index >= 15 is 0 Å². The van der Waals surface area contributed by atoms with Crippen LogP contribution >= 0.6 is 0 Å². The number of hydrogen-bond acceptors (Lipinski definition) is 5. The monoisotopic (exact) mass is 352 g/mol. The van der Waals surface area contributed by atoms with Crippen molar-refractivity contribution in [3.8, 4) is 0 Å². The second-order valence-electron chi connectivity index (χ2n) is 6.02. The first kappa shape index (κ1) is 22.3. The molecule has 0 aliphatic carbocycles. The van der Waals surface area contributed by atoms with Crippen molar-refractivity contribution in [1.29, 1.82) is 0 Å². The largest absolute Gasteiger partial charge is 0.449 e. The molecular formula is C16H32O6S. The highest BCUT2D eigenvalue weighted by Crippen LogP contribution is 2.13. The Morgan fingerprint density at radius 1 is 0.870 bits per heavy atom. The molecule has 7 heteroatoms. The summed E-state index contributed by atoms with van der Waals surface area (Å²) in [7, 11) is -4.83. The molecule has 0 fully saturated rings. The summed E-state index contributed by atoms with van der Waals surface area (Å²) in [6.45, 7) is 2.22. The van der Waals surface area contributed by atoms with Gasteiger partial charge in [-0.2, -0.15) is 8.42 Å². The summed E-state index contributed by atoms with van der Waals surface area (Å²) < 4.78 is 32.7. The Kier molecular flexibility index (Phi) is 13.4. The molecule has 0 aromatic heterocycles. The number of carbonyl (C=O) groups excluding carboxylic acids is 1. The zero-order chi connectivity index (χ0) is 17.6. The highest BCUT2D eigenvalue weighted by Gasteiger charge is 2.21. The van der Waals surface area contributed by atoms with E-state index < -0.39 is 22.5 Å². The van der Waals surface area contributed by atoms with E-state index in [4.69, 9.17) is 4.55 Å². The van der Waals surface area contributed by atoms with Crippen molar-refractivity contribution in [3.63, 3.8) is 0 Å². The first-order valence-electron chi connectivity index (χ1n) is 8.75. The highest BCUT2D eigenvalue weighted by atomic mass is 32.3. The van der Waals surface area contributed by atoms with Gasteiger partial charge >= 0.3 is 16.4 Å². The van der Waals surface area contributed by atoms with E-state index in [1.165, 1.54) is 51.4 Å². The zero-order valence-corrected chi connectivity index (χ0v) is 15.0. The van der Waals surface area contributed by atoms with Crippen molar-refractivity contribution in [2.24, 2.45) is 0 Å². The van der Waals surface area contributed by atoms with Gasteiger partial charge < -0.3 is 9.29 Å². The Morgan fingerprint density at radius 3 is 1.65 bits per heavy atom. The molecule has 6 nitrogen and oxygen atoms in total. The molecule has 0 rings (SSSR count). The van der Waals surface area contributed by atoms with E-state index in [2.05, 4.69) is 11.1 Å². The molecule has 23 heavy (non-hydrogen) atoms. The highest BCUT2D eigenvalue weighted by molar-refractivity contribution is 7.81. The maximum absolute atomic E-state index is 11.1. The van der Waals surface area contributed by atoms with Crippen molar-refractivity contribution < 1.29 is 27.1 Å². The fourth-order valence-corrected chi connectivity index (χ4v) is 2.77. The fraction of sp³-hybridized carbons (Fsp3) is 0.938. The third-order valence-electron chi connectivity index (χ3n) is 3.79. The van der Waals surface area contributed by atoms with Crippen molar-refractivity contribution in [1.82, 2.24) is 0 Å². The van der Waals surface area contributed by atoms with Crippen LogP contribution in [0.2, 0.25) is 0 Å². The van der Waals surface area contributed by atoms with Crippen LogP contribution < -0.4 is 0 Å². The second kappa shape index (κ2) is 13.7. The number of unbranched alkanes of at least 4 members (excludes halogenated alkanes) is 11. The summed E-state index contributed by atoms with van der Waals surface area (Å²) in [5, 5.41) is 9.39. The van der Waals surface area contributed by atoms with Crippen molar-refractivity contribution in [2.75, 3.05) is 0 Å². The Balaban J connectivity index is 3.37. The lowest BCUT2D eigenvalue weighted by molar-refractivity contribution is -0.144. The number of aliphatic hydroxyl groups excluding tert-OH is 1. The minimum absolute atomic E-state index is 0.145. The minimum atomic E-state index is -4.83. The van der Waals surface area contributed by atoms with Gasteiger partial charge in [-0.15, -0.1) is 0 Å². The first-order chi connectivity index (χ1) is 10.9. The smallest absolute Gasteiger partial charge is 0.381 e. The molecule has 0 aliphatic heterocycles. The molecule has 1 unspecified atom stereocenters. The summed E-state index contributed by atoms with van der Waals surface area (Å²) in [5.74, 6) is -1.32. The molecule has 0 aliphatic rings. The van der Waals surface area contributed by atoms with E-state index in [0.717, 1.165) is 19.3 Å². The maximum Gasteiger partial charge on any atom is 0.449 e. The van der Waals surface area contributed by atoms with Crippen molar-refractivity contribution in [2.45, 2.75) is 96.5 Å². The summed E-state index contributed by atoms with van der Waals surface area (Å²) in [6.07, 6.45) is 12.7. The van der Waals surface area contributed by atoms with Crippen LogP contribution in [0.1, 0.15) is 90.4 Å². The Bertz CT molecular complexity index is 393. The van der Waals surface area contributed by atoms with Crippen molar-refractivity contribution in [3.05, 3.63) is 0 Å². The third kappa shape index (κ3) is 16.0. The van der Waals surface area contributed by atoms with Gasteiger partial charge in [0.1, 0.15) is 0 Å². The van der Waals surface area contributed by atoms with Crippen molar-refractivity contribution >= 4 is 16.4 Å². The lowest BCUT2D eigenvalue weighted by atomic mass is 10.0. The van der Waals surface area contributed by atoms with Gasteiger partial charge in [-0.1, -0.05) is 84.0 Å². The van der Waals surface area contributed by atoms with Gasteiger partial charge in [-0.25, -0.2) is 4.79 Å². The van der Waals surface area contributed by atoms with Gasteiger partial charge in [-0.3, -0.25) is 4.55 Å². The molecule has 0 radical (unpaired) electrons. The summed E-state index contributed by atoms with van der Waals surface area (Å²) in [4.78, 5) is 11.1. The molecule has 0 bridgehead atoms. The van der Waals surface area contributed by atoms with Crippen LogP contribution in [0.3, 0.4) is 0 Å². The van der Waals surface area contributed by atoms with Gasteiger partial charge in [-0.05, 0) is 6.42 Å². The number of hydrogen-bond donors (Lipinski definition) is 2. The van der Waals surface area contributed by atoms with E-state index in [0.29, 0.717) is 6.42 Å². The van der Waals surface area contributed by atoms with E-state index in [1.54, 1.807) is 0 Å². The lowest BCUT2D eigenvalue weighted by Crippen LogP contribution is -2.25.